The van der Waals surface area contributed by atoms with Gasteiger partial charge in [-0.05, 0) is 67.9 Å². The third kappa shape index (κ3) is 3.40. The van der Waals surface area contributed by atoms with Crippen LogP contribution < -0.4 is 10.4 Å². The minimum atomic E-state index is 0.512. The van der Waals surface area contributed by atoms with Gasteiger partial charge in [-0.2, -0.15) is 0 Å². The predicted octanol–water partition coefficient (Wildman–Crippen LogP) is 5.36. The van der Waals surface area contributed by atoms with Gasteiger partial charge < -0.3 is 9.55 Å². The largest absolute Gasteiger partial charge is 0.331 e. The standard InChI is InChI=1S/C25H28N6S/c1-2-30-23-13-21-19(12-22(23)28-25(30)32)24(27-15-26-21)31(14-16-6-4-3-5-7-16)29-20-11-17-8-9-18(20)10-17/h3-7,12-13,15,17-18,20,29H,2,8-11,14H2,1H3,(H,28,32). The van der Waals surface area contributed by atoms with Crippen LogP contribution in [0.25, 0.3) is 21.9 Å². The molecule has 3 atom stereocenters. The maximum Gasteiger partial charge on any atom is 0.178 e. The Morgan fingerprint density at radius 3 is 2.78 bits per heavy atom. The molecular formula is C25H28N6S. The highest BCUT2D eigenvalue weighted by atomic mass is 32.1. The average molecular weight is 445 g/mol. The van der Waals surface area contributed by atoms with Crippen molar-refractivity contribution in [2.45, 2.75) is 51.7 Å². The van der Waals surface area contributed by atoms with Crippen LogP contribution in [0.4, 0.5) is 5.82 Å². The molecule has 6 nitrogen and oxygen atoms in total. The number of rotatable bonds is 6. The molecule has 164 valence electrons. The number of anilines is 1. The zero-order valence-electron chi connectivity index (χ0n) is 18.3. The Morgan fingerprint density at radius 2 is 2.03 bits per heavy atom. The average Bonchev–Trinajstić information content (AvgIpc) is 3.51. The van der Waals surface area contributed by atoms with Crippen LogP contribution in [0.15, 0.2) is 48.8 Å². The molecule has 2 aromatic carbocycles. The lowest BCUT2D eigenvalue weighted by Crippen LogP contribution is -2.47. The Kier molecular flexibility index (Phi) is 4.96. The summed E-state index contributed by atoms with van der Waals surface area (Å²) in [6.07, 6.45) is 7.04. The van der Waals surface area contributed by atoms with Gasteiger partial charge in [0.1, 0.15) is 6.33 Å². The third-order valence-corrected chi connectivity index (χ3v) is 7.65. The summed E-state index contributed by atoms with van der Waals surface area (Å²) in [6.45, 7) is 3.69. The van der Waals surface area contributed by atoms with E-state index < -0.39 is 0 Å². The Hall–Kier alpha value is -2.77. The van der Waals surface area contributed by atoms with Crippen molar-refractivity contribution in [1.29, 1.82) is 0 Å². The Morgan fingerprint density at radius 1 is 1.16 bits per heavy atom. The first-order valence-electron chi connectivity index (χ1n) is 11.6. The van der Waals surface area contributed by atoms with E-state index in [1.54, 1.807) is 6.33 Å². The van der Waals surface area contributed by atoms with Gasteiger partial charge in [0, 0.05) is 18.0 Å². The van der Waals surface area contributed by atoms with Gasteiger partial charge in [0.2, 0.25) is 0 Å². The predicted molar refractivity (Wildman–Crippen MR) is 131 cm³/mol. The van der Waals surface area contributed by atoms with Gasteiger partial charge in [0.25, 0.3) is 0 Å². The number of aromatic nitrogens is 4. The van der Waals surface area contributed by atoms with Crippen LogP contribution in [0.3, 0.4) is 0 Å². The van der Waals surface area contributed by atoms with Crippen molar-refractivity contribution in [3.05, 3.63) is 59.1 Å². The number of H-pyrrole nitrogens is 1. The van der Waals surface area contributed by atoms with Crippen molar-refractivity contribution in [2.75, 3.05) is 5.01 Å². The summed E-state index contributed by atoms with van der Waals surface area (Å²) in [5, 5.41) is 3.29. The molecule has 4 aromatic rings. The SMILES string of the molecule is CCn1c(=S)[nH]c2cc3c(N(Cc4ccccc4)NC4CC5CCC4C5)ncnc3cc21. The number of nitrogens with one attached hydrogen (secondary N) is 2. The number of nitrogens with zero attached hydrogens (tertiary/aromatic N) is 4. The highest BCUT2D eigenvalue weighted by molar-refractivity contribution is 7.71. The molecule has 6 rings (SSSR count). The fraction of sp³-hybridized carbons (Fsp3) is 0.400. The molecule has 2 aliphatic rings. The number of hydrazine groups is 1. The van der Waals surface area contributed by atoms with Gasteiger partial charge >= 0.3 is 0 Å². The van der Waals surface area contributed by atoms with Crippen LogP contribution in [0.2, 0.25) is 0 Å². The van der Waals surface area contributed by atoms with Crippen LogP contribution in [0.1, 0.15) is 38.2 Å². The zero-order chi connectivity index (χ0) is 21.7. The second kappa shape index (κ2) is 7.98. The van der Waals surface area contributed by atoms with Crippen molar-refractivity contribution >= 4 is 40.0 Å². The maximum atomic E-state index is 5.54. The van der Waals surface area contributed by atoms with Crippen LogP contribution in [-0.4, -0.2) is 25.6 Å². The summed E-state index contributed by atoms with van der Waals surface area (Å²) >= 11 is 5.54. The second-order valence-corrected chi connectivity index (χ2v) is 9.63. The lowest BCUT2D eigenvalue weighted by molar-refractivity contribution is 0.341. The fourth-order valence-corrected chi connectivity index (χ4v) is 6.11. The summed E-state index contributed by atoms with van der Waals surface area (Å²) < 4.78 is 2.86. The lowest BCUT2D eigenvalue weighted by Gasteiger charge is -2.32. The minimum Gasteiger partial charge on any atom is -0.331 e. The van der Waals surface area contributed by atoms with Gasteiger partial charge in [0.15, 0.2) is 10.6 Å². The first kappa shape index (κ1) is 19.9. The van der Waals surface area contributed by atoms with E-state index in [9.17, 15) is 0 Å². The topological polar surface area (TPSA) is 61.8 Å². The molecular weight excluding hydrogens is 416 g/mol. The monoisotopic (exact) mass is 444 g/mol. The lowest BCUT2D eigenvalue weighted by atomic mass is 9.96. The van der Waals surface area contributed by atoms with E-state index in [0.29, 0.717) is 6.04 Å². The van der Waals surface area contributed by atoms with Crippen molar-refractivity contribution < 1.29 is 0 Å². The number of fused-ring (bicyclic) bond motifs is 4. The number of aromatic amines is 1. The molecule has 2 aromatic heterocycles. The van der Waals surface area contributed by atoms with Crippen LogP contribution in [-0.2, 0) is 13.1 Å². The molecule has 2 saturated carbocycles. The normalized spacial score (nSPS) is 22.2. The second-order valence-electron chi connectivity index (χ2n) is 9.24. The molecule has 2 heterocycles. The molecule has 2 fully saturated rings. The van der Waals surface area contributed by atoms with Crippen molar-refractivity contribution in [2.24, 2.45) is 11.8 Å². The minimum absolute atomic E-state index is 0.512. The first-order valence-corrected chi connectivity index (χ1v) is 12.1. The van der Waals surface area contributed by atoms with Gasteiger partial charge in [0.05, 0.1) is 23.1 Å². The van der Waals surface area contributed by atoms with Gasteiger partial charge in [-0.1, -0.05) is 36.8 Å². The van der Waals surface area contributed by atoms with Crippen molar-refractivity contribution in [3.8, 4) is 0 Å². The number of benzene rings is 2. The maximum absolute atomic E-state index is 5.54. The summed E-state index contributed by atoms with van der Waals surface area (Å²) in [5.74, 6) is 2.58. The van der Waals surface area contributed by atoms with Crippen LogP contribution >= 0.6 is 12.2 Å². The first-order chi connectivity index (χ1) is 15.7. The Balaban J connectivity index is 1.45. The molecule has 2 aliphatic carbocycles. The molecule has 0 saturated heterocycles. The van der Waals surface area contributed by atoms with E-state index in [4.69, 9.17) is 17.2 Å². The van der Waals surface area contributed by atoms with E-state index in [-0.39, 0.29) is 0 Å². The number of aryl methyl sites for hydroxylation is 1. The molecule has 32 heavy (non-hydrogen) atoms. The van der Waals surface area contributed by atoms with E-state index in [1.807, 2.05) is 0 Å². The third-order valence-electron chi connectivity index (χ3n) is 7.32. The molecule has 3 unspecified atom stereocenters. The summed E-state index contributed by atoms with van der Waals surface area (Å²) in [6, 6.07) is 15.4. The molecule has 2 bridgehead atoms. The molecule has 0 spiro atoms. The van der Waals surface area contributed by atoms with Gasteiger partial charge in [-0.3, -0.25) is 5.01 Å². The summed E-state index contributed by atoms with van der Waals surface area (Å²) in [5.41, 5.74) is 8.20. The zero-order valence-corrected chi connectivity index (χ0v) is 19.1. The fourth-order valence-electron chi connectivity index (χ4n) is 5.77. The van der Waals surface area contributed by atoms with Crippen molar-refractivity contribution in [1.82, 2.24) is 24.9 Å². The van der Waals surface area contributed by atoms with E-state index >= 15 is 0 Å². The quantitative estimate of drug-likeness (QED) is 0.310. The molecule has 2 N–H and O–H groups in total. The van der Waals surface area contributed by atoms with Gasteiger partial charge in [-0.25, -0.2) is 15.4 Å². The van der Waals surface area contributed by atoms with Crippen molar-refractivity contribution in [3.63, 3.8) is 0 Å². The van der Waals surface area contributed by atoms with Crippen LogP contribution in [0, 0.1) is 16.6 Å². The molecule has 0 amide bonds. The molecule has 0 radical (unpaired) electrons. The summed E-state index contributed by atoms with van der Waals surface area (Å²) in [7, 11) is 0. The molecule has 7 heteroatoms. The number of imidazole rings is 1. The summed E-state index contributed by atoms with van der Waals surface area (Å²) in [4.78, 5) is 12.7. The highest BCUT2D eigenvalue weighted by Gasteiger charge is 2.40. The Bertz CT molecular complexity index is 1330. The van der Waals surface area contributed by atoms with Crippen LogP contribution in [0.5, 0.6) is 0 Å². The number of hydrogen-bond acceptors (Lipinski definition) is 5. The number of hydrogen-bond donors (Lipinski definition) is 2. The smallest absolute Gasteiger partial charge is 0.178 e. The van der Waals surface area contributed by atoms with E-state index in [1.165, 1.54) is 31.2 Å². The molecule has 0 aliphatic heterocycles. The van der Waals surface area contributed by atoms with E-state index in [0.717, 1.165) is 57.5 Å². The highest BCUT2D eigenvalue weighted by Crippen LogP contribution is 2.44. The Labute approximate surface area is 192 Å². The van der Waals surface area contributed by atoms with E-state index in [2.05, 4.69) is 74.4 Å². The van der Waals surface area contributed by atoms with Gasteiger partial charge in [-0.15, -0.1) is 0 Å².